The van der Waals surface area contributed by atoms with Crippen LogP contribution in [0.1, 0.15) is 39.0 Å². The molecule has 62 valence electrons. The van der Waals surface area contributed by atoms with E-state index in [4.69, 9.17) is 0 Å². The lowest BCUT2D eigenvalue weighted by Crippen LogP contribution is -2.18. The molecule has 1 rings (SSSR count). The molecular formula is C10H16O. The van der Waals surface area contributed by atoms with E-state index in [2.05, 4.69) is 11.8 Å². The molecule has 1 nitrogen and oxygen atoms in total. The van der Waals surface area contributed by atoms with Gasteiger partial charge >= 0.3 is 0 Å². The molecule has 1 aliphatic carbocycles. The molecule has 0 aromatic rings. The Kier molecular flexibility index (Phi) is 3.45. The monoisotopic (exact) mass is 152 g/mol. The van der Waals surface area contributed by atoms with Crippen LogP contribution in [0.2, 0.25) is 0 Å². The van der Waals surface area contributed by atoms with Crippen LogP contribution in [0.4, 0.5) is 0 Å². The zero-order valence-electron chi connectivity index (χ0n) is 7.14. The van der Waals surface area contributed by atoms with E-state index in [1.54, 1.807) is 0 Å². The zero-order valence-corrected chi connectivity index (χ0v) is 7.14. The van der Waals surface area contributed by atoms with Gasteiger partial charge in [-0.3, -0.25) is 0 Å². The first kappa shape index (κ1) is 8.62. The molecule has 0 aromatic heterocycles. The van der Waals surface area contributed by atoms with E-state index in [1.807, 2.05) is 6.92 Å². The van der Waals surface area contributed by atoms with Crippen LogP contribution in [0, 0.1) is 17.8 Å². The summed E-state index contributed by atoms with van der Waals surface area (Å²) in [4.78, 5) is 0. The summed E-state index contributed by atoms with van der Waals surface area (Å²) in [5.74, 6) is 6.49. The fraction of sp³-hybridized carbons (Fsp3) is 0.800. The van der Waals surface area contributed by atoms with Crippen LogP contribution >= 0.6 is 0 Å². The van der Waals surface area contributed by atoms with Gasteiger partial charge in [0, 0.05) is 6.42 Å². The summed E-state index contributed by atoms with van der Waals surface area (Å²) in [7, 11) is 0. The van der Waals surface area contributed by atoms with Crippen molar-refractivity contribution in [3.05, 3.63) is 0 Å². The second-order valence-corrected chi connectivity index (χ2v) is 3.32. The maximum atomic E-state index is 9.41. The third-order valence-corrected chi connectivity index (χ3v) is 2.34. The Morgan fingerprint density at radius 1 is 1.55 bits per heavy atom. The van der Waals surface area contributed by atoms with Gasteiger partial charge in [0.25, 0.3) is 0 Å². The normalized spacial score (nSPS) is 19.8. The van der Waals surface area contributed by atoms with Crippen molar-refractivity contribution in [2.24, 2.45) is 5.92 Å². The standard InChI is InChI=1S/C10H16O/c1-2-3-7-10(11)8-9-5-4-6-9/h9-11H,4-8H2,1H3. The molecule has 0 radical (unpaired) electrons. The van der Waals surface area contributed by atoms with Crippen molar-refractivity contribution in [1.82, 2.24) is 0 Å². The molecule has 0 bridgehead atoms. The van der Waals surface area contributed by atoms with Crippen molar-refractivity contribution in [3.8, 4) is 11.8 Å². The fourth-order valence-electron chi connectivity index (χ4n) is 1.42. The molecule has 0 heterocycles. The highest BCUT2D eigenvalue weighted by Gasteiger charge is 2.20. The van der Waals surface area contributed by atoms with E-state index in [0.717, 1.165) is 12.3 Å². The van der Waals surface area contributed by atoms with Gasteiger partial charge in [0.2, 0.25) is 0 Å². The van der Waals surface area contributed by atoms with E-state index in [1.165, 1.54) is 19.3 Å². The third-order valence-electron chi connectivity index (χ3n) is 2.34. The van der Waals surface area contributed by atoms with Crippen LogP contribution < -0.4 is 0 Å². The molecule has 0 amide bonds. The topological polar surface area (TPSA) is 20.2 Å². The van der Waals surface area contributed by atoms with Gasteiger partial charge in [-0.25, -0.2) is 0 Å². The molecule has 1 N–H and O–H groups in total. The molecule has 1 atom stereocenters. The highest BCUT2D eigenvalue weighted by Crippen LogP contribution is 2.30. The second-order valence-electron chi connectivity index (χ2n) is 3.32. The van der Waals surface area contributed by atoms with Gasteiger partial charge in [-0.15, -0.1) is 11.8 Å². The molecule has 11 heavy (non-hydrogen) atoms. The lowest BCUT2D eigenvalue weighted by molar-refractivity contribution is 0.122. The summed E-state index contributed by atoms with van der Waals surface area (Å²) in [5.41, 5.74) is 0. The number of hydrogen-bond donors (Lipinski definition) is 1. The summed E-state index contributed by atoms with van der Waals surface area (Å²) in [6.45, 7) is 1.82. The Morgan fingerprint density at radius 3 is 2.73 bits per heavy atom. The average molecular weight is 152 g/mol. The van der Waals surface area contributed by atoms with Crippen LogP contribution in [-0.4, -0.2) is 11.2 Å². The first-order valence-electron chi connectivity index (χ1n) is 4.40. The predicted octanol–water partition coefficient (Wildman–Crippen LogP) is 1.95. The second kappa shape index (κ2) is 4.41. The minimum absolute atomic E-state index is 0.173. The van der Waals surface area contributed by atoms with Crippen molar-refractivity contribution in [2.45, 2.75) is 45.1 Å². The zero-order chi connectivity index (χ0) is 8.10. The smallest absolute Gasteiger partial charge is 0.0652 e. The van der Waals surface area contributed by atoms with Crippen molar-refractivity contribution < 1.29 is 5.11 Å². The van der Waals surface area contributed by atoms with Crippen LogP contribution in [0.25, 0.3) is 0 Å². The molecule has 1 unspecified atom stereocenters. The first-order valence-corrected chi connectivity index (χ1v) is 4.40. The van der Waals surface area contributed by atoms with E-state index in [0.29, 0.717) is 6.42 Å². The third kappa shape index (κ3) is 2.95. The summed E-state index contributed by atoms with van der Waals surface area (Å²) in [5, 5.41) is 9.41. The molecule has 0 saturated heterocycles. The van der Waals surface area contributed by atoms with Gasteiger partial charge in [0.05, 0.1) is 6.10 Å². The molecular weight excluding hydrogens is 136 g/mol. The summed E-state index contributed by atoms with van der Waals surface area (Å²) < 4.78 is 0. The number of aliphatic hydroxyl groups excluding tert-OH is 1. The van der Waals surface area contributed by atoms with Gasteiger partial charge < -0.3 is 5.11 Å². The lowest BCUT2D eigenvalue weighted by Gasteiger charge is -2.26. The SMILES string of the molecule is CC#CCC(O)CC1CCC1. The van der Waals surface area contributed by atoms with E-state index in [9.17, 15) is 5.11 Å². The Labute approximate surface area is 68.8 Å². The molecule has 1 aliphatic rings. The fourth-order valence-corrected chi connectivity index (χ4v) is 1.42. The van der Waals surface area contributed by atoms with Crippen molar-refractivity contribution in [3.63, 3.8) is 0 Å². The maximum absolute atomic E-state index is 9.41. The van der Waals surface area contributed by atoms with Crippen molar-refractivity contribution in [1.29, 1.82) is 0 Å². The highest BCUT2D eigenvalue weighted by molar-refractivity contribution is 4.97. The average Bonchev–Trinajstić information content (AvgIpc) is 1.93. The molecule has 1 heteroatoms. The van der Waals surface area contributed by atoms with Gasteiger partial charge in [-0.2, -0.15) is 0 Å². The minimum atomic E-state index is -0.173. The van der Waals surface area contributed by atoms with Gasteiger partial charge in [0.15, 0.2) is 0 Å². The number of rotatable bonds is 3. The van der Waals surface area contributed by atoms with Gasteiger partial charge in [-0.05, 0) is 19.3 Å². The van der Waals surface area contributed by atoms with Gasteiger partial charge in [0.1, 0.15) is 0 Å². The van der Waals surface area contributed by atoms with Crippen LogP contribution in [0.3, 0.4) is 0 Å². The molecule has 1 fully saturated rings. The predicted molar refractivity (Wildman–Crippen MR) is 46.0 cm³/mol. The number of aliphatic hydroxyl groups is 1. The molecule has 0 aliphatic heterocycles. The van der Waals surface area contributed by atoms with E-state index < -0.39 is 0 Å². The van der Waals surface area contributed by atoms with Crippen LogP contribution in [0.15, 0.2) is 0 Å². The Balaban J connectivity index is 2.07. The summed E-state index contributed by atoms with van der Waals surface area (Å²) >= 11 is 0. The van der Waals surface area contributed by atoms with E-state index in [-0.39, 0.29) is 6.10 Å². The number of hydrogen-bond acceptors (Lipinski definition) is 1. The largest absolute Gasteiger partial charge is 0.392 e. The Bertz CT molecular complexity index is 159. The summed E-state index contributed by atoms with van der Waals surface area (Å²) in [6.07, 6.45) is 5.44. The van der Waals surface area contributed by atoms with Crippen LogP contribution in [0.5, 0.6) is 0 Å². The highest BCUT2D eigenvalue weighted by atomic mass is 16.3. The molecule has 1 saturated carbocycles. The molecule has 0 spiro atoms. The van der Waals surface area contributed by atoms with Crippen molar-refractivity contribution >= 4 is 0 Å². The Hall–Kier alpha value is -0.480. The lowest BCUT2D eigenvalue weighted by atomic mass is 9.81. The van der Waals surface area contributed by atoms with E-state index >= 15 is 0 Å². The maximum Gasteiger partial charge on any atom is 0.0652 e. The van der Waals surface area contributed by atoms with Crippen LogP contribution in [-0.2, 0) is 0 Å². The minimum Gasteiger partial charge on any atom is -0.392 e. The van der Waals surface area contributed by atoms with Gasteiger partial charge in [-0.1, -0.05) is 19.3 Å². The first-order chi connectivity index (χ1) is 5.33. The Morgan fingerprint density at radius 2 is 2.27 bits per heavy atom. The molecule has 0 aromatic carbocycles. The van der Waals surface area contributed by atoms with Crippen molar-refractivity contribution in [2.75, 3.05) is 0 Å². The quantitative estimate of drug-likeness (QED) is 0.613. The summed E-state index contributed by atoms with van der Waals surface area (Å²) in [6, 6.07) is 0.